The second kappa shape index (κ2) is 8.41. The molecular weight excluding hydrogens is 392 g/mol. The van der Waals surface area contributed by atoms with Crippen LogP contribution in [0.25, 0.3) is 0 Å². The largest absolute Gasteiger partial charge is 0.493 e. The third-order valence-corrected chi connectivity index (χ3v) is 5.61. The van der Waals surface area contributed by atoms with E-state index in [1.165, 1.54) is 7.11 Å². The van der Waals surface area contributed by atoms with Crippen LogP contribution in [0.1, 0.15) is 23.3 Å². The molecule has 1 saturated heterocycles. The Hall–Kier alpha value is -2.97. The average molecular weight is 416 g/mol. The second-order valence-corrected chi connectivity index (χ2v) is 7.10. The highest BCUT2D eigenvalue weighted by Crippen LogP contribution is 2.51. The third-order valence-electron chi connectivity index (χ3n) is 5.61. The molecule has 4 rings (SSSR count). The fourth-order valence-electron chi connectivity index (χ4n) is 4.13. The molecule has 2 aromatic rings. The number of ether oxygens (including phenoxy) is 6. The number of carbonyl (C=O) groups is 1. The molecule has 0 amide bonds. The van der Waals surface area contributed by atoms with Gasteiger partial charge in [-0.25, -0.2) is 0 Å². The van der Waals surface area contributed by atoms with Gasteiger partial charge >= 0.3 is 5.97 Å². The molecule has 4 atom stereocenters. The SMILES string of the molecule is COC(=O)[C@@H]1[C@@H](CO)[C@H](c2ccc3c(c2)OCO3)O[C@@H]1c1ccc(OC)c(OC)c1. The molecule has 2 aliphatic rings. The van der Waals surface area contributed by atoms with Gasteiger partial charge in [0.2, 0.25) is 6.79 Å². The molecule has 2 aliphatic heterocycles. The van der Waals surface area contributed by atoms with Gasteiger partial charge in [-0.1, -0.05) is 12.1 Å². The van der Waals surface area contributed by atoms with Crippen molar-refractivity contribution in [2.24, 2.45) is 11.8 Å². The van der Waals surface area contributed by atoms with E-state index in [0.29, 0.717) is 23.0 Å². The lowest BCUT2D eigenvalue weighted by atomic mass is 9.83. The summed E-state index contributed by atoms with van der Waals surface area (Å²) in [5.74, 6) is 0.700. The highest BCUT2D eigenvalue weighted by molar-refractivity contribution is 5.74. The van der Waals surface area contributed by atoms with Crippen LogP contribution in [0.3, 0.4) is 0 Å². The minimum absolute atomic E-state index is 0.160. The Balaban J connectivity index is 1.73. The van der Waals surface area contributed by atoms with Crippen LogP contribution in [-0.4, -0.2) is 45.8 Å². The number of aliphatic hydroxyl groups is 1. The van der Waals surface area contributed by atoms with Crippen molar-refractivity contribution in [3.63, 3.8) is 0 Å². The normalized spacial score (nSPS) is 24.5. The summed E-state index contributed by atoms with van der Waals surface area (Å²) in [7, 11) is 4.43. The molecule has 0 radical (unpaired) electrons. The maximum atomic E-state index is 12.7. The van der Waals surface area contributed by atoms with Gasteiger partial charge in [-0.3, -0.25) is 4.79 Å². The minimum Gasteiger partial charge on any atom is -0.493 e. The van der Waals surface area contributed by atoms with E-state index in [1.807, 2.05) is 18.2 Å². The Kier molecular flexibility index (Phi) is 5.69. The van der Waals surface area contributed by atoms with Crippen LogP contribution >= 0.6 is 0 Å². The Bertz CT molecular complexity index is 927. The number of benzene rings is 2. The van der Waals surface area contributed by atoms with Crippen molar-refractivity contribution in [3.05, 3.63) is 47.5 Å². The van der Waals surface area contributed by atoms with E-state index in [0.717, 1.165) is 11.1 Å². The van der Waals surface area contributed by atoms with Crippen LogP contribution in [0, 0.1) is 11.8 Å². The van der Waals surface area contributed by atoms with E-state index in [-0.39, 0.29) is 13.4 Å². The summed E-state index contributed by atoms with van der Waals surface area (Å²) in [6.07, 6.45) is -1.17. The van der Waals surface area contributed by atoms with E-state index in [9.17, 15) is 9.90 Å². The van der Waals surface area contributed by atoms with Crippen LogP contribution in [0.4, 0.5) is 0 Å². The molecule has 0 spiro atoms. The summed E-state index contributed by atoms with van der Waals surface area (Å²) in [6.45, 7) is -0.0878. The van der Waals surface area contributed by atoms with E-state index < -0.39 is 30.0 Å². The van der Waals surface area contributed by atoms with Gasteiger partial charge in [0.05, 0.1) is 39.5 Å². The van der Waals surface area contributed by atoms with Crippen LogP contribution in [0.15, 0.2) is 36.4 Å². The summed E-state index contributed by atoms with van der Waals surface area (Å²) in [5.41, 5.74) is 1.51. The zero-order valence-corrected chi connectivity index (χ0v) is 17.0. The predicted octanol–water partition coefficient (Wildman–Crippen LogP) is 2.64. The van der Waals surface area contributed by atoms with Crippen LogP contribution < -0.4 is 18.9 Å². The van der Waals surface area contributed by atoms with Crippen LogP contribution in [0.5, 0.6) is 23.0 Å². The zero-order chi connectivity index (χ0) is 21.3. The van der Waals surface area contributed by atoms with Gasteiger partial charge in [-0.2, -0.15) is 0 Å². The topological polar surface area (TPSA) is 92.7 Å². The Morgan fingerprint density at radius 3 is 2.37 bits per heavy atom. The van der Waals surface area contributed by atoms with Crippen LogP contribution in [-0.2, 0) is 14.3 Å². The monoisotopic (exact) mass is 416 g/mol. The molecule has 2 aromatic carbocycles. The number of rotatable bonds is 6. The first kappa shape index (κ1) is 20.3. The van der Waals surface area contributed by atoms with Crippen molar-refractivity contribution in [3.8, 4) is 23.0 Å². The molecule has 30 heavy (non-hydrogen) atoms. The van der Waals surface area contributed by atoms with Gasteiger partial charge in [-0.05, 0) is 35.4 Å². The highest BCUT2D eigenvalue weighted by Gasteiger charge is 2.50. The van der Waals surface area contributed by atoms with Gasteiger partial charge in [0.1, 0.15) is 0 Å². The molecule has 8 heteroatoms. The Morgan fingerprint density at radius 2 is 1.67 bits per heavy atom. The van der Waals surface area contributed by atoms with Gasteiger partial charge in [0.15, 0.2) is 23.0 Å². The Labute approximate surface area is 174 Å². The van der Waals surface area contributed by atoms with Crippen LogP contribution in [0.2, 0.25) is 0 Å². The van der Waals surface area contributed by atoms with E-state index in [1.54, 1.807) is 32.4 Å². The van der Waals surface area contributed by atoms with E-state index >= 15 is 0 Å². The molecule has 1 fully saturated rings. The lowest BCUT2D eigenvalue weighted by Gasteiger charge is -2.21. The molecule has 0 saturated carbocycles. The van der Waals surface area contributed by atoms with Crippen molar-refractivity contribution < 1.29 is 38.3 Å². The molecule has 160 valence electrons. The van der Waals surface area contributed by atoms with Gasteiger partial charge in [0, 0.05) is 12.5 Å². The molecule has 0 aliphatic carbocycles. The lowest BCUT2D eigenvalue weighted by Crippen LogP contribution is -2.28. The number of carbonyl (C=O) groups excluding carboxylic acids is 1. The number of hydrogen-bond acceptors (Lipinski definition) is 8. The van der Waals surface area contributed by atoms with Crippen molar-refractivity contribution in [2.75, 3.05) is 34.7 Å². The van der Waals surface area contributed by atoms with E-state index in [4.69, 9.17) is 28.4 Å². The number of fused-ring (bicyclic) bond motifs is 1. The van der Waals surface area contributed by atoms with Crippen molar-refractivity contribution >= 4 is 5.97 Å². The van der Waals surface area contributed by atoms with E-state index in [2.05, 4.69) is 0 Å². The molecular formula is C22H24O8. The number of hydrogen-bond donors (Lipinski definition) is 1. The fraction of sp³-hybridized carbons (Fsp3) is 0.409. The third kappa shape index (κ3) is 3.42. The van der Waals surface area contributed by atoms with Crippen molar-refractivity contribution in [2.45, 2.75) is 12.2 Å². The second-order valence-electron chi connectivity index (χ2n) is 7.10. The fourth-order valence-corrected chi connectivity index (χ4v) is 4.13. The maximum absolute atomic E-state index is 12.7. The first-order valence-corrected chi connectivity index (χ1v) is 9.56. The molecule has 8 nitrogen and oxygen atoms in total. The molecule has 1 N–H and O–H groups in total. The number of aliphatic hydroxyl groups excluding tert-OH is 1. The average Bonchev–Trinajstić information content (AvgIpc) is 3.41. The number of methoxy groups -OCH3 is 3. The summed E-state index contributed by atoms with van der Waals surface area (Å²) in [4.78, 5) is 12.7. The van der Waals surface area contributed by atoms with Crippen molar-refractivity contribution in [1.29, 1.82) is 0 Å². The van der Waals surface area contributed by atoms with Gasteiger partial charge < -0.3 is 33.5 Å². The Morgan fingerprint density at radius 1 is 0.967 bits per heavy atom. The zero-order valence-electron chi connectivity index (χ0n) is 17.0. The first-order chi connectivity index (χ1) is 14.6. The number of esters is 1. The summed E-state index contributed by atoms with van der Waals surface area (Å²) in [5, 5.41) is 10.2. The highest BCUT2D eigenvalue weighted by atomic mass is 16.7. The molecule has 0 bridgehead atoms. The molecule has 2 heterocycles. The first-order valence-electron chi connectivity index (χ1n) is 9.56. The maximum Gasteiger partial charge on any atom is 0.312 e. The lowest BCUT2D eigenvalue weighted by molar-refractivity contribution is -0.149. The predicted molar refractivity (Wildman–Crippen MR) is 105 cm³/mol. The smallest absolute Gasteiger partial charge is 0.312 e. The van der Waals surface area contributed by atoms with Crippen molar-refractivity contribution in [1.82, 2.24) is 0 Å². The van der Waals surface area contributed by atoms with Gasteiger partial charge in [-0.15, -0.1) is 0 Å². The quantitative estimate of drug-likeness (QED) is 0.719. The summed E-state index contributed by atoms with van der Waals surface area (Å²) in [6, 6.07) is 10.8. The summed E-state index contributed by atoms with van der Waals surface area (Å²) >= 11 is 0. The molecule has 0 aromatic heterocycles. The molecule has 0 unspecified atom stereocenters. The minimum atomic E-state index is -0.700. The van der Waals surface area contributed by atoms with Gasteiger partial charge in [0.25, 0.3) is 0 Å². The summed E-state index contributed by atoms with van der Waals surface area (Å²) < 4.78 is 32.9. The standard InChI is InChI=1S/C22H24O8/c1-25-15-6-4-13(8-17(15)26-2)21-19(22(24)27-3)14(10-23)20(30-21)12-5-7-16-18(9-12)29-11-28-16/h4-9,14,19-21,23H,10-11H2,1-3H3/t14-,19-,20+,21-/m1/s1.